The minimum absolute atomic E-state index is 0.0874. The highest BCUT2D eigenvalue weighted by Crippen LogP contribution is 2.18. The molecule has 2 aromatic carbocycles. The van der Waals surface area contributed by atoms with Crippen LogP contribution in [0.5, 0.6) is 5.75 Å². The largest absolute Gasteiger partial charge is 0.481 e. The molecular formula is C16H16FNO2. The van der Waals surface area contributed by atoms with Crippen molar-refractivity contribution >= 4 is 11.6 Å². The summed E-state index contributed by atoms with van der Waals surface area (Å²) in [6.45, 7) is 3.54. The zero-order valence-corrected chi connectivity index (χ0v) is 11.4. The summed E-state index contributed by atoms with van der Waals surface area (Å²) < 4.78 is 18.6. The second kappa shape index (κ2) is 6.19. The minimum Gasteiger partial charge on any atom is -0.481 e. The first-order valence-corrected chi connectivity index (χ1v) is 6.30. The normalized spacial score (nSPS) is 10.2. The van der Waals surface area contributed by atoms with Gasteiger partial charge in [0.1, 0.15) is 0 Å². The van der Waals surface area contributed by atoms with E-state index in [9.17, 15) is 9.18 Å². The first-order valence-electron chi connectivity index (χ1n) is 6.30. The maximum absolute atomic E-state index is 13.4. The molecule has 0 unspecified atom stereocenters. The number of amides is 1. The number of hydrogen-bond acceptors (Lipinski definition) is 2. The van der Waals surface area contributed by atoms with E-state index in [2.05, 4.69) is 5.32 Å². The number of nitrogens with one attached hydrogen (secondary N) is 1. The molecule has 0 aliphatic rings. The van der Waals surface area contributed by atoms with Gasteiger partial charge in [0.15, 0.2) is 18.2 Å². The number of rotatable bonds is 4. The molecule has 4 heteroatoms. The molecule has 0 fully saturated rings. The monoisotopic (exact) mass is 273 g/mol. The number of carbonyl (C=O) groups is 1. The van der Waals surface area contributed by atoms with E-state index < -0.39 is 5.82 Å². The van der Waals surface area contributed by atoms with Crippen molar-refractivity contribution in [3.05, 3.63) is 59.4 Å². The lowest BCUT2D eigenvalue weighted by Gasteiger charge is -2.09. The lowest BCUT2D eigenvalue weighted by Crippen LogP contribution is -2.20. The van der Waals surface area contributed by atoms with Crippen LogP contribution in [0, 0.1) is 19.7 Å². The summed E-state index contributed by atoms with van der Waals surface area (Å²) in [7, 11) is 0. The van der Waals surface area contributed by atoms with Crippen molar-refractivity contribution in [2.24, 2.45) is 0 Å². The van der Waals surface area contributed by atoms with E-state index in [-0.39, 0.29) is 18.3 Å². The van der Waals surface area contributed by atoms with Crippen molar-refractivity contribution in [3.8, 4) is 5.75 Å². The predicted octanol–water partition coefficient (Wildman–Crippen LogP) is 3.46. The highest BCUT2D eigenvalue weighted by atomic mass is 19.1. The Balaban J connectivity index is 1.94. The van der Waals surface area contributed by atoms with E-state index in [1.54, 1.807) is 18.2 Å². The van der Waals surface area contributed by atoms with Gasteiger partial charge in [-0.1, -0.05) is 18.2 Å². The van der Waals surface area contributed by atoms with Gasteiger partial charge >= 0.3 is 0 Å². The number of carbonyl (C=O) groups excluding carboxylic acids is 1. The zero-order chi connectivity index (χ0) is 14.5. The molecule has 1 N–H and O–H groups in total. The molecule has 0 atom stereocenters. The van der Waals surface area contributed by atoms with Gasteiger partial charge in [-0.05, 0) is 49.2 Å². The molecular weight excluding hydrogens is 257 g/mol. The average molecular weight is 273 g/mol. The molecule has 0 bridgehead atoms. The summed E-state index contributed by atoms with van der Waals surface area (Å²) in [5.41, 5.74) is 2.62. The van der Waals surface area contributed by atoms with E-state index in [0.29, 0.717) is 5.69 Å². The second-order valence-corrected chi connectivity index (χ2v) is 4.64. The number of ether oxygens (including phenoxy) is 1. The van der Waals surface area contributed by atoms with E-state index in [4.69, 9.17) is 4.74 Å². The third kappa shape index (κ3) is 3.82. The molecule has 0 saturated carbocycles. The van der Waals surface area contributed by atoms with Crippen LogP contribution >= 0.6 is 0 Å². The third-order valence-electron chi connectivity index (χ3n) is 2.75. The van der Waals surface area contributed by atoms with E-state index in [1.165, 1.54) is 6.07 Å². The van der Waals surface area contributed by atoms with Gasteiger partial charge in [-0.15, -0.1) is 0 Å². The second-order valence-electron chi connectivity index (χ2n) is 4.64. The van der Waals surface area contributed by atoms with Crippen LogP contribution < -0.4 is 10.1 Å². The Bertz CT molecular complexity index is 626. The van der Waals surface area contributed by atoms with Crippen LogP contribution in [-0.2, 0) is 4.79 Å². The van der Waals surface area contributed by atoms with Crippen LogP contribution in [0.4, 0.5) is 10.1 Å². The van der Waals surface area contributed by atoms with Crippen molar-refractivity contribution in [3.63, 3.8) is 0 Å². The van der Waals surface area contributed by atoms with Crippen LogP contribution in [-0.4, -0.2) is 12.5 Å². The Kier molecular flexibility index (Phi) is 4.35. The fourth-order valence-corrected chi connectivity index (χ4v) is 1.78. The summed E-state index contributed by atoms with van der Waals surface area (Å²) >= 11 is 0. The van der Waals surface area contributed by atoms with Gasteiger partial charge in [-0.3, -0.25) is 4.79 Å². The van der Waals surface area contributed by atoms with Crippen LogP contribution in [0.2, 0.25) is 0 Å². The number of halogens is 1. The molecule has 20 heavy (non-hydrogen) atoms. The molecule has 2 rings (SSSR count). The molecule has 1 amide bonds. The highest BCUT2D eigenvalue weighted by Gasteiger charge is 2.07. The lowest BCUT2D eigenvalue weighted by atomic mass is 10.2. The first kappa shape index (κ1) is 14.1. The highest BCUT2D eigenvalue weighted by molar-refractivity contribution is 5.91. The molecule has 0 spiro atoms. The van der Waals surface area contributed by atoms with Gasteiger partial charge < -0.3 is 10.1 Å². The number of hydrogen-bond donors (Lipinski definition) is 1. The predicted molar refractivity (Wildman–Crippen MR) is 76.4 cm³/mol. The van der Waals surface area contributed by atoms with Gasteiger partial charge in [0.2, 0.25) is 0 Å². The van der Waals surface area contributed by atoms with Crippen LogP contribution in [0.3, 0.4) is 0 Å². The van der Waals surface area contributed by atoms with Gasteiger partial charge in [0, 0.05) is 5.69 Å². The lowest BCUT2D eigenvalue weighted by molar-refractivity contribution is -0.118. The zero-order valence-electron chi connectivity index (χ0n) is 11.4. The maximum atomic E-state index is 13.4. The average Bonchev–Trinajstić information content (AvgIpc) is 2.40. The minimum atomic E-state index is -0.473. The molecule has 0 aliphatic heterocycles. The Morgan fingerprint density at radius 3 is 2.65 bits per heavy atom. The fraction of sp³-hybridized carbons (Fsp3) is 0.188. The number of benzene rings is 2. The van der Waals surface area contributed by atoms with Crippen molar-refractivity contribution in [1.82, 2.24) is 0 Å². The Morgan fingerprint density at radius 2 is 1.90 bits per heavy atom. The topological polar surface area (TPSA) is 38.3 Å². The SMILES string of the molecule is Cc1cccc(NC(=O)COc2cc(C)ccc2F)c1. The van der Waals surface area contributed by atoms with Crippen LogP contribution in [0.15, 0.2) is 42.5 Å². The molecule has 0 radical (unpaired) electrons. The van der Waals surface area contributed by atoms with Crippen LogP contribution in [0.1, 0.15) is 11.1 Å². The van der Waals surface area contributed by atoms with Gasteiger partial charge in [-0.25, -0.2) is 4.39 Å². The Morgan fingerprint density at radius 1 is 1.15 bits per heavy atom. The van der Waals surface area contributed by atoms with E-state index >= 15 is 0 Å². The molecule has 0 saturated heterocycles. The van der Waals surface area contributed by atoms with Gasteiger partial charge in [-0.2, -0.15) is 0 Å². The third-order valence-corrected chi connectivity index (χ3v) is 2.75. The van der Waals surface area contributed by atoms with Crippen molar-refractivity contribution in [1.29, 1.82) is 0 Å². The van der Waals surface area contributed by atoms with Crippen molar-refractivity contribution in [2.45, 2.75) is 13.8 Å². The Hall–Kier alpha value is -2.36. The van der Waals surface area contributed by atoms with Gasteiger partial charge in [0.25, 0.3) is 5.91 Å². The molecule has 0 heterocycles. The molecule has 0 aromatic heterocycles. The summed E-state index contributed by atoms with van der Waals surface area (Å²) in [6, 6.07) is 12.0. The summed E-state index contributed by atoms with van der Waals surface area (Å²) in [5, 5.41) is 2.70. The summed E-state index contributed by atoms with van der Waals surface area (Å²) in [6.07, 6.45) is 0. The van der Waals surface area contributed by atoms with Crippen LogP contribution in [0.25, 0.3) is 0 Å². The smallest absolute Gasteiger partial charge is 0.262 e. The Labute approximate surface area is 117 Å². The van der Waals surface area contributed by atoms with Crippen molar-refractivity contribution < 1.29 is 13.9 Å². The number of anilines is 1. The van der Waals surface area contributed by atoms with E-state index in [0.717, 1.165) is 11.1 Å². The molecule has 104 valence electrons. The summed E-state index contributed by atoms with van der Waals surface area (Å²) in [4.78, 5) is 11.7. The van der Waals surface area contributed by atoms with Crippen molar-refractivity contribution in [2.75, 3.05) is 11.9 Å². The quantitative estimate of drug-likeness (QED) is 0.926. The molecule has 2 aromatic rings. The van der Waals surface area contributed by atoms with Gasteiger partial charge in [0.05, 0.1) is 0 Å². The first-order chi connectivity index (χ1) is 9.54. The van der Waals surface area contributed by atoms with E-state index in [1.807, 2.05) is 32.0 Å². The standard InChI is InChI=1S/C16H16FNO2/c1-11-4-3-5-13(8-11)18-16(19)10-20-15-9-12(2)6-7-14(15)17/h3-9H,10H2,1-2H3,(H,18,19). The number of aryl methyl sites for hydroxylation is 2. The maximum Gasteiger partial charge on any atom is 0.262 e. The molecule has 0 aliphatic carbocycles. The summed E-state index contributed by atoms with van der Waals surface area (Å²) in [5.74, 6) is -0.708. The fourth-order valence-electron chi connectivity index (χ4n) is 1.78. The molecule has 3 nitrogen and oxygen atoms in total.